The Labute approximate surface area is 151 Å². The summed E-state index contributed by atoms with van der Waals surface area (Å²) in [6.45, 7) is 8.28. The molecule has 0 atom stereocenters. The quantitative estimate of drug-likeness (QED) is 0.354. The zero-order valence-electron chi connectivity index (χ0n) is 15.8. The van der Waals surface area contributed by atoms with E-state index in [1.54, 1.807) is 6.08 Å². The molecule has 0 radical (unpaired) electrons. The molecule has 0 unspecified atom stereocenters. The lowest BCUT2D eigenvalue weighted by molar-refractivity contribution is 0.119. The minimum Gasteiger partial charge on any atom is -0.488 e. The van der Waals surface area contributed by atoms with Crippen LogP contribution in [-0.2, 0) is 4.74 Å². The maximum atomic E-state index is 8.25. The van der Waals surface area contributed by atoms with E-state index in [9.17, 15) is 0 Å². The van der Waals surface area contributed by atoms with Crippen molar-refractivity contribution in [3.63, 3.8) is 0 Å². The highest BCUT2D eigenvalue weighted by Crippen LogP contribution is 2.40. The monoisotopic (exact) mass is 347 g/mol. The Morgan fingerprint density at radius 2 is 1.84 bits per heavy atom. The summed E-state index contributed by atoms with van der Waals surface area (Å²) in [4.78, 5) is 4.41. The second-order valence-corrected chi connectivity index (χ2v) is 7.31. The zero-order chi connectivity index (χ0) is 18.4. The van der Waals surface area contributed by atoms with Crippen molar-refractivity contribution in [1.82, 2.24) is 9.80 Å². The molecule has 1 saturated heterocycles. The largest absolute Gasteiger partial charge is 0.488 e. The Hall–Kier alpha value is -1.79. The minimum absolute atomic E-state index is 0.0166. The maximum Gasteiger partial charge on any atom is 0.115 e. The lowest BCUT2D eigenvalue weighted by atomic mass is 10.1. The van der Waals surface area contributed by atoms with Gasteiger partial charge >= 0.3 is 0 Å². The van der Waals surface area contributed by atoms with E-state index in [4.69, 9.17) is 21.6 Å². The third-order valence-corrected chi connectivity index (χ3v) is 4.82. The van der Waals surface area contributed by atoms with Gasteiger partial charge in [-0.3, -0.25) is 0 Å². The summed E-state index contributed by atoms with van der Waals surface area (Å²) >= 11 is 0. The van der Waals surface area contributed by atoms with Crippen molar-refractivity contribution >= 4 is 5.71 Å². The number of nitrogens with zero attached hydrogens (tertiary/aromatic N) is 2. The number of likely N-dealkylation sites (N-methyl/N-ethyl adjacent to an activating group) is 1. The molecule has 140 valence electrons. The van der Waals surface area contributed by atoms with Gasteiger partial charge in [0.15, 0.2) is 0 Å². The van der Waals surface area contributed by atoms with Crippen LogP contribution in [0.2, 0.25) is 0 Å². The van der Waals surface area contributed by atoms with E-state index in [-0.39, 0.29) is 5.60 Å². The summed E-state index contributed by atoms with van der Waals surface area (Å²) in [7, 11) is 2.11. The Morgan fingerprint density at radius 1 is 1.20 bits per heavy atom. The van der Waals surface area contributed by atoms with Gasteiger partial charge in [-0.25, -0.2) is 0 Å². The van der Waals surface area contributed by atoms with Gasteiger partial charge in [-0.05, 0) is 57.5 Å². The molecule has 1 heterocycles. The van der Waals surface area contributed by atoms with E-state index in [0.29, 0.717) is 24.5 Å². The van der Waals surface area contributed by atoms with Crippen LogP contribution in [0.15, 0.2) is 35.4 Å². The first-order chi connectivity index (χ1) is 11.8. The fourth-order valence-electron chi connectivity index (χ4n) is 2.75. The molecule has 1 aliphatic heterocycles. The van der Waals surface area contributed by atoms with Crippen LogP contribution in [0.4, 0.5) is 0 Å². The van der Waals surface area contributed by atoms with Gasteiger partial charge < -0.3 is 31.4 Å². The zero-order valence-corrected chi connectivity index (χ0v) is 15.8. The van der Waals surface area contributed by atoms with Crippen LogP contribution < -0.4 is 11.5 Å². The summed E-state index contributed by atoms with van der Waals surface area (Å²) in [5, 5.41) is 8.25. The Balaban J connectivity index is 1.94. The van der Waals surface area contributed by atoms with Crippen LogP contribution in [0, 0.1) is 5.41 Å². The summed E-state index contributed by atoms with van der Waals surface area (Å²) in [5.41, 5.74) is 13.5. The fraction of sp³-hybridized carbons (Fsp3) is 0.632. The molecular weight excluding hydrogens is 314 g/mol. The van der Waals surface area contributed by atoms with E-state index >= 15 is 0 Å². The maximum absolute atomic E-state index is 8.25. The molecular formula is C19H33N5O. The minimum atomic E-state index is -0.0166. The predicted molar refractivity (Wildman–Crippen MR) is 103 cm³/mol. The highest BCUT2D eigenvalue weighted by atomic mass is 16.5. The molecule has 0 aromatic rings. The molecule has 1 saturated carbocycles. The lowest BCUT2D eigenvalue weighted by Gasteiger charge is -2.34. The van der Waals surface area contributed by atoms with E-state index in [0.717, 1.165) is 50.4 Å². The predicted octanol–water partition coefficient (Wildman–Crippen LogP) is 1.80. The molecule has 0 spiro atoms. The van der Waals surface area contributed by atoms with Crippen molar-refractivity contribution in [2.24, 2.45) is 11.5 Å². The number of nitrogens with one attached hydrogen (secondary N) is 1. The van der Waals surface area contributed by atoms with Gasteiger partial charge in [0.2, 0.25) is 0 Å². The lowest BCUT2D eigenvalue weighted by Crippen LogP contribution is -2.45. The number of piperazine rings is 1. The van der Waals surface area contributed by atoms with Crippen LogP contribution >= 0.6 is 0 Å². The van der Waals surface area contributed by atoms with E-state index in [1.165, 1.54) is 0 Å². The molecule has 2 fully saturated rings. The van der Waals surface area contributed by atoms with Gasteiger partial charge in [0.25, 0.3) is 0 Å². The molecule has 2 rings (SSSR count). The van der Waals surface area contributed by atoms with Gasteiger partial charge in [-0.15, -0.1) is 0 Å². The summed E-state index contributed by atoms with van der Waals surface area (Å²) in [6.07, 6.45) is 8.36. The normalized spacial score (nSPS) is 22.1. The first kappa shape index (κ1) is 19.5. The molecule has 6 nitrogen and oxygen atoms in total. The van der Waals surface area contributed by atoms with E-state index in [2.05, 4.69) is 23.8 Å². The Bertz CT molecular complexity index is 566. The average molecular weight is 348 g/mol. The number of hydrogen-bond acceptors (Lipinski definition) is 6. The van der Waals surface area contributed by atoms with Crippen LogP contribution in [0.3, 0.4) is 0 Å². The molecule has 25 heavy (non-hydrogen) atoms. The van der Waals surface area contributed by atoms with Crippen LogP contribution in [0.25, 0.3) is 0 Å². The summed E-state index contributed by atoms with van der Waals surface area (Å²) in [6, 6.07) is 0. The fourth-order valence-corrected chi connectivity index (χ4v) is 2.75. The van der Waals surface area contributed by atoms with Crippen molar-refractivity contribution in [2.45, 2.75) is 38.7 Å². The molecule has 6 heteroatoms. The van der Waals surface area contributed by atoms with Gasteiger partial charge in [-0.1, -0.05) is 0 Å². The SMILES string of the molecule is C/C=C(\C=C(/CN)CC(=N)/C=C(\N)N1CCN(C)CC1)OC1(C)CC1. The van der Waals surface area contributed by atoms with Gasteiger partial charge in [-0.2, -0.15) is 0 Å². The average Bonchev–Trinajstić information content (AvgIpc) is 3.30. The Morgan fingerprint density at radius 3 is 2.36 bits per heavy atom. The highest BCUT2D eigenvalue weighted by molar-refractivity contribution is 5.94. The van der Waals surface area contributed by atoms with Crippen molar-refractivity contribution in [2.75, 3.05) is 39.8 Å². The van der Waals surface area contributed by atoms with Crippen LogP contribution in [0.5, 0.6) is 0 Å². The third kappa shape index (κ3) is 6.21. The third-order valence-electron chi connectivity index (χ3n) is 4.82. The molecule has 0 bridgehead atoms. The number of ether oxygens (including phenoxy) is 1. The van der Waals surface area contributed by atoms with Crippen LogP contribution in [0.1, 0.15) is 33.1 Å². The topological polar surface area (TPSA) is 91.6 Å². The molecule has 2 aliphatic rings. The molecule has 0 aromatic heterocycles. The molecule has 0 aromatic carbocycles. The van der Waals surface area contributed by atoms with Gasteiger partial charge in [0.1, 0.15) is 17.2 Å². The molecule has 0 amide bonds. The van der Waals surface area contributed by atoms with Gasteiger partial charge in [0, 0.05) is 44.9 Å². The number of hydrogen-bond donors (Lipinski definition) is 3. The van der Waals surface area contributed by atoms with Crippen molar-refractivity contribution in [1.29, 1.82) is 5.41 Å². The molecule has 1 aliphatic carbocycles. The summed E-state index contributed by atoms with van der Waals surface area (Å²) < 4.78 is 6.00. The number of nitrogens with two attached hydrogens (primary N) is 2. The first-order valence-corrected chi connectivity index (χ1v) is 9.08. The van der Waals surface area contributed by atoms with Crippen LogP contribution in [-0.4, -0.2) is 60.9 Å². The van der Waals surface area contributed by atoms with E-state index < -0.39 is 0 Å². The standard InChI is InChI=1S/C19H33N5O/c1-4-17(25-19(2)5-6-19)12-15(14-20)11-16(21)13-18(22)24-9-7-23(3)8-10-24/h4,12-13,21H,5-11,14,20,22H2,1-3H3/b15-12-,17-4+,18-13+,21-16?. The van der Waals surface area contributed by atoms with E-state index in [1.807, 2.05) is 19.1 Å². The summed E-state index contributed by atoms with van der Waals surface area (Å²) in [5.74, 6) is 1.51. The Kier molecular flexibility index (Phi) is 6.67. The van der Waals surface area contributed by atoms with Crippen molar-refractivity contribution < 1.29 is 4.74 Å². The molecule has 5 N–H and O–H groups in total. The van der Waals surface area contributed by atoms with Crippen molar-refractivity contribution in [3.8, 4) is 0 Å². The second kappa shape index (κ2) is 8.54. The van der Waals surface area contributed by atoms with Crippen molar-refractivity contribution in [3.05, 3.63) is 35.4 Å². The van der Waals surface area contributed by atoms with Gasteiger partial charge in [0.05, 0.1) is 0 Å². The first-order valence-electron chi connectivity index (χ1n) is 9.08. The second-order valence-electron chi connectivity index (χ2n) is 7.31. The smallest absolute Gasteiger partial charge is 0.115 e. The number of rotatable bonds is 8. The number of allylic oxidation sites excluding steroid dienone is 3. The highest BCUT2D eigenvalue weighted by Gasteiger charge is 2.40.